The van der Waals surface area contributed by atoms with Crippen molar-refractivity contribution >= 4 is 17.5 Å². The first-order valence-corrected chi connectivity index (χ1v) is 8.21. The number of benzene rings is 2. The van der Waals surface area contributed by atoms with Crippen molar-refractivity contribution < 1.29 is 9.53 Å². The van der Waals surface area contributed by atoms with E-state index in [1.54, 1.807) is 24.2 Å². The van der Waals surface area contributed by atoms with Crippen LogP contribution < -0.4 is 10.1 Å². The van der Waals surface area contributed by atoms with Crippen LogP contribution in [0.1, 0.15) is 21.5 Å². The normalized spacial score (nSPS) is 10.5. The second-order valence-corrected chi connectivity index (χ2v) is 5.92. The molecule has 0 aliphatic heterocycles. The van der Waals surface area contributed by atoms with Crippen LogP contribution in [0.5, 0.6) is 5.75 Å². The number of carbonyl (C=O) groups is 1. The Balaban J connectivity index is 1.64. The Morgan fingerprint density at radius 3 is 2.64 bits per heavy atom. The molecular weight excluding hydrogens is 338 g/mol. The van der Waals surface area contributed by atoms with Crippen LogP contribution in [0.3, 0.4) is 0 Å². The fourth-order valence-electron chi connectivity index (χ4n) is 2.50. The Kier molecular flexibility index (Phi) is 5.36. The van der Waals surface area contributed by atoms with E-state index in [0.717, 1.165) is 16.9 Å². The van der Waals surface area contributed by atoms with E-state index in [2.05, 4.69) is 10.4 Å². The van der Waals surface area contributed by atoms with Gasteiger partial charge in [0, 0.05) is 23.3 Å². The maximum absolute atomic E-state index is 12.3. The Bertz CT molecular complexity index is 876. The molecule has 0 radical (unpaired) electrons. The van der Waals surface area contributed by atoms with E-state index >= 15 is 0 Å². The van der Waals surface area contributed by atoms with E-state index < -0.39 is 0 Å². The molecule has 6 heteroatoms. The molecule has 1 N–H and O–H groups in total. The molecule has 0 bridgehead atoms. The van der Waals surface area contributed by atoms with Crippen molar-refractivity contribution in [2.75, 3.05) is 7.11 Å². The third kappa shape index (κ3) is 4.19. The molecule has 0 aliphatic rings. The highest BCUT2D eigenvalue weighted by molar-refractivity contribution is 6.31. The number of hydrogen-bond donors (Lipinski definition) is 1. The number of ether oxygens (including phenoxy) is 1. The summed E-state index contributed by atoms with van der Waals surface area (Å²) in [6.45, 7) is 0.901. The zero-order chi connectivity index (χ0) is 17.6. The van der Waals surface area contributed by atoms with Gasteiger partial charge in [-0.15, -0.1) is 0 Å². The van der Waals surface area contributed by atoms with Gasteiger partial charge in [-0.25, -0.2) is 0 Å². The first-order chi connectivity index (χ1) is 12.2. The molecule has 1 aromatic heterocycles. The molecule has 0 spiro atoms. The molecule has 0 aliphatic carbocycles. The summed E-state index contributed by atoms with van der Waals surface area (Å²) in [5.41, 5.74) is 2.37. The molecule has 0 fully saturated rings. The van der Waals surface area contributed by atoms with Gasteiger partial charge in [-0.2, -0.15) is 5.10 Å². The van der Waals surface area contributed by atoms with Crippen LogP contribution in [0.2, 0.25) is 5.02 Å². The first-order valence-electron chi connectivity index (χ1n) is 7.83. The minimum atomic E-state index is -0.184. The van der Waals surface area contributed by atoms with Gasteiger partial charge >= 0.3 is 0 Å². The number of nitrogens with zero attached hydrogens (tertiary/aromatic N) is 2. The molecule has 128 valence electrons. The van der Waals surface area contributed by atoms with Gasteiger partial charge < -0.3 is 10.1 Å². The SMILES string of the molecule is COc1ccccc1CNC(=O)c1cnn(Cc2ccccc2Cl)c1. The minimum absolute atomic E-state index is 0.184. The second-order valence-electron chi connectivity index (χ2n) is 5.51. The number of rotatable bonds is 6. The van der Waals surface area contributed by atoms with Crippen LogP contribution >= 0.6 is 11.6 Å². The van der Waals surface area contributed by atoms with E-state index in [0.29, 0.717) is 23.7 Å². The Morgan fingerprint density at radius 1 is 1.16 bits per heavy atom. The topological polar surface area (TPSA) is 56.1 Å². The van der Waals surface area contributed by atoms with E-state index in [9.17, 15) is 4.79 Å². The van der Waals surface area contributed by atoms with Crippen LogP contribution in [0.25, 0.3) is 0 Å². The molecule has 5 nitrogen and oxygen atoms in total. The predicted octanol–water partition coefficient (Wildman–Crippen LogP) is 3.52. The van der Waals surface area contributed by atoms with Crippen LogP contribution in [0.4, 0.5) is 0 Å². The lowest BCUT2D eigenvalue weighted by molar-refractivity contribution is 0.0950. The van der Waals surface area contributed by atoms with Gasteiger partial charge in [-0.3, -0.25) is 9.48 Å². The summed E-state index contributed by atoms with van der Waals surface area (Å²) in [5.74, 6) is 0.563. The summed E-state index contributed by atoms with van der Waals surface area (Å²) < 4.78 is 6.98. The zero-order valence-electron chi connectivity index (χ0n) is 13.8. The number of amides is 1. The van der Waals surface area contributed by atoms with E-state index in [1.165, 1.54) is 0 Å². The summed E-state index contributed by atoms with van der Waals surface area (Å²) in [7, 11) is 1.61. The van der Waals surface area contributed by atoms with Gasteiger partial charge in [0.15, 0.2) is 0 Å². The van der Waals surface area contributed by atoms with Crippen molar-refractivity contribution in [2.45, 2.75) is 13.1 Å². The number of hydrogen-bond acceptors (Lipinski definition) is 3. The number of carbonyl (C=O) groups excluding carboxylic acids is 1. The highest BCUT2D eigenvalue weighted by Crippen LogP contribution is 2.17. The number of aromatic nitrogens is 2. The van der Waals surface area contributed by atoms with E-state index in [-0.39, 0.29) is 5.91 Å². The molecule has 2 aromatic carbocycles. The van der Waals surface area contributed by atoms with Crippen molar-refractivity contribution in [1.29, 1.82) is 0 Å². The van der Waals surface area contributed by atoms with Crippen LogP contribution in [-0.4, -0.2) is 22.8 Å². The monoisotopic (exact) mass is 355 g/mol. The van der Waals surface area contributed by atoms with Gasteiger partial charge in [0.05, 0.1) is 25.4 Å². The number of halogens is 1. The molecule has 3 aromatic rings. The quantitative estimate of drug-likeness (QED) is 0.736. The van der Waals surface area contributed by atoms with Crippen molar-refractivity contribution in [3.05, 3.63) is 82.6 Å². The van der Waals surface area contributed by atoms with Gasteiger partial charge in [0.2, 0.25) is 0 Å². The van der Waals surface area contributed by atoms with Crippen LogP contribution in [-0.2, 0) is 13.1 Å². The third-order valence-electron chi connectivity index (χ3n) is 3.82. The summed E-state index contributed by atoms with van der Waals surface area (Å²) in [4.78, 5) is 12.3. The zero-order valence-corrected chi connectivity index (χ0v) is 14.5. The fraction of sp³-hybridized carbons (Fsp3) is 0.158. The van der Waals surface area contributed by atoms with Crippen molar-refractivity contribution in [1.82, 2.24) is 15.1 Å². The summed E-state index contributed by atoms with van der Waals surface area (Å²) >= 11 is 6.16. The average Bonchev–Trinajstić information content (AvgIpc) is 3.10. The van der Waals surface area contributed by atoms with Gasteiger partial charge in [0.25, 0.3) is 5.91 Å². The van der Waals surface area contributed by atoms with E-state index in [1.807, 2.05) is 48.5 Å². The maximum Gasteiger partial charge on any atom is 0.254 e. The largest absolute Gasteiger partial charge is 0.496 e. The van der Waals surface area contributed by atoms with Gasteiger partial charge in [0.1, 0.15) is 5.75 Å². The fourth-order valence-corrected chi connectivity index (χ4v) is 2.69. The lowest BCUT2D eigenvalue weighted by Gasteiger charge is -2.08. The van der Waals surface area contributed by atoms with Crippen molar-refractivity contribution in [3.63, 3.8) is 0 Å². The summed E-state index contributed by atoms with van der Waals surface area (Å²) in [6.07, 6.45) is 3.26. The van der Waals surface area contributed by atoms with Crippen molar-refractivity contribution in [3.8, 4) is 5.75 Å². The summed E-state index contributed by atoms with van der Waals surface area (Å²) in [6, 6.07) is 15.2. The van der Waals surface area contributed by atoms with Crippen molar-refractivity contribution in [2.24, 2.45) is 0 Å². The maximum atomic E-state index is 12.3. The van der Waals surface area contributed by atoms with Gasteiger partial charge in [-0.1, -0.05) is 48.0 Å². The number of para-hydroxylation sites is 1. The lowest BCUT2D eigenvalue weighted by atomic mass is 10.2. The minimum Gasteiger partial charge on any atom is -0.496 e. The highest BCUT2D eigenvalue weighted by Gasteiger charge is 2.10. The smallest absolute Gasteiger partial charge is 0.254 e. The Morgan fingerprint density at radius 2 is 1.88 bits per heavy atom. The molecule has 0 saturated carbocycles. The molecule has 0 unspecified atom stereocenters. The molecule has 3 rings (SSSR count). The van der Waals surface area contributed by atoms with Crippen LogP contribution in [0.15, 0.2) is 60.9 Å². The second kappa shape index (κ2) is 7.85. The van der Waals surface area contributed by atoms with Gasteiger partial charge in [-0.05, 0) is 17.7 Å². The molecule has 1 heterocycles. The molecular formula is C19H18ClN3O2. The average molecular weight is 356 g/mol. The lowest BCUT2D eigenvalue weighted by Crippen LogP contribution is -2.22. The summed E-state index contributed by atoms with van der Waals surface area (Å²) in [5, 5.41) is 7.80. The molecule has 25 heavy (non-hydrogen) atoms. The number of nitrogens with one attached hydrogen (secondary N) is 1. The Hall–Kier alpha value is -2.79. The van der Waals surface area contributed by atoms with E-state index in [4.69, 9.17) is 16.3 Å². The molecule has 1 amide bonds. The Labute approximate surface area is 151 Å². The van der Waals surface area contributed by atoms with Crippen LogP contribution in [0, 0.1) is 0 Å². The predicted molar refractivity (Wildman–Crippen MR) is 96.9 cm³/mol. The highest BCUT2D eigenvalue weighted by atomic mass is 35.5. The molecule has 0 atom stereocenters. The third-order valence-corrected chi connectivity index (χ3v) is 4.19. The molecule has 0 saturated heterocycles. The first kappa shape index (κ1) is 17.0. The number of methoxy groups -OCH3 is 1. The standard InChI is InChI=1S/C19H18ClN3O2/c1-25-18-9-5-3-6-14(18)10-21-19(24)16-11-22-23(13-16)12-15-7-2-4-8-17(15)20/h2-9,11,13H,10,12H2,1H3,(H,21,24).